The van der Waals surface area contributed by atoms with E-state index in [-0.39, 0.29) is 29.5 Å². The molecule has 0 aliphatic carbocycles. The molecule has 38 heavy (non-hydrogen) atoms. The largest absolute Gasteiger partial charge is 0.378 e. The Hall–Kier alpha value is -3.87. The second-order valence-corrected chi connectivity index (χ2v) is 9.47. The first kappa shape index (κ1) is 25.8. The van der Waals surface area contributed by atoms with Crippen LogP contribution in [0, 0.1) is 5.92 Å². The third-order valence-electron chi connectivity index (χ3n) is 6.97. The monoisotopic (exact) mass is 528 g/mol. The number of aromatic nitrogens is 4. The van der Waals surface area contributed by atoms with Crippen LogP contribution in [0.1, 0.15) is 32.0 Å². The summed E-state index contributed by atoms with van der Waals surface area (Å²) in [6.45, 7) is 4.72. The van der Waals surface area contributed by atoms with Gasteiger partial charge in [0.15, 0.2) is 5.82 Å². The number of para-hydroxylation sites is 2. The second kappa shape index (κ2) is 10.9. The van der Waals surface area contributed by atoms with Gasteiger partial charge in [-0.2, -0.15) is 9.97 Å². The Morgan fingerprint density at radius 2 is 1.74 bits per heavy atom. The number of anilines is 2. The number of ether oxygens (including phenoxy) is 1. The molecule has 2 aliphatic heterocycles. The maximum absolute atomic E-state index is 14.1. The molecule has 13 heteroatoms. The number of piperidine rings is 1. The molecule has 4 heterocycles. The lowest BCUT2D eigenvalue weighted by Crippen LogP contribution is -2.47. The van der Waals surface area contributed by atoms with Crippen LogP contribution in [0.4, 0.5) is 20.5 Å². The van der Waals surface area contributed by atoms with Crippen LogP contribution < -0.4 is 16.0 Å². The molecule has 2 aliphatic rings. The topological polar surface area (TPSA) is 131 Å². The number of hydrogen-bond donors (Lipinski definition) is 2. The Morgan fingerprint density at radius 3 is 2.42 bits per heavy atom. The van der Waals surface area contributed by atoms with Crippen LogP contribution in [-0.2, 0) is 14.3 Å². The molecule has 1 aromatic carbocycles. The maximum Gasteiger partial charge on any atom is 0.296 e. The number of carbonyl (C=O) groups is 2. The predicted octanol–water partition coefficient (Wildman–Crippen LogP) is 2.11. The lowest BCUT2D eigenvalue weighted by Gasteiger charge is -2.32. The van der Waals surface area contributed by atoms with Gasteiger partial charge >= 0.3 is 0 Å². The zero-order valence-electron chi connectivity index (χ0n) is 21.0. The first-order valence-electron chi connectivity index (χ1n) is 12.6. The quantitative estimate of drug-likeness (QED) is 0.477. The number of hydrogen-bond acceptors (Lipinski definition) is 8. The summed E-state index contributed by atoms with van der Waals surface area (Å²) in [7, 11) is 0. The van der Waals surface area contributed by atoms with E-state index in [0.29, 0.717) is 69.1 Å². The Kier molecular flexibility index (Phi) is 7.36. The molecule has 2 saturated heterocycles. The number of halogens is 2. The number of rotatable bonds is 7. The zero-order chi connectivity index (χ0) is 26.8. The number of carbonyl (C=O) groups excluding carboxylic acids is 2. The van der Waals surface area contributed by atoms with E-state index in [4.69, 9.17) is 10.5 Å². The van der Waals surface area contributed by atoms with Crippen molar-refractivity contribution in [2.45, 2.75) is 32.2 Å². The average molecular weight is 529 g/mol. The van der Waals surface area contributed by atoms with E-state index >= 15 is 0 Å². The van der Waals surface area contributed by atoms with Crippen LogP contribution in [0.2, 0.25) is 0 Å². The van der Waals surface area contributed by atoms with Gasteiger partial charge in [0.25, 0.3) is 6.43 Å². The van der Waals surface area contributed by atoms with Gasteiger partial charge in [0.05, 0.1) is 24.2 Å². The molecule has 3 aromatic rings. The fourth-order valence-electron chi connectivity index (χ4n) is 4.90. The summed E-state index contributed by atoms with van der Waals surface area (Å²) < 4.78 is 34.9. The number of amides is 2. The smallest absolute Gasteiger partial charge is 0.296 e. The highest BCUT2D eigenvalue weighted by Crippen LogP contribution is 2.29. The first-order chi connectivity index (χ1) is 18.3. The standard InChI is InChI=1S/C25H30F2N8O3/c1-15(24(37)34-8-6-16(7-9-34)22(28)36)29-25-31-19(33-10-12-38-13-11-33)14-20(32-25)35-18-5-3-2-4-17(18)30-23(35)21(26)27/h2-5,14-16,21H,6-13H2,1H3,(H2,28,36)(H,29,31,32)/t15-/m0/s1. The van der Waals surface area contributed by atoms with Crippen LogP contribution in [0.5, 0.6) is 0 Å². The highest BCUT2D eigenvalue weighted by atomic mass is 19.3. The molecule has 2 amide bonds. The van der Waals surface area contributed by atoms with Gasteiger partial charge in [0.2, 0.25) is 17.8 Å². The van der Waals surface area contributed by atoms with Gasteiger partial charge in [0.1, 0.15) is 17.7 Å². The van der Waals surface area contributed by atoms with Crippen LogP contribution in [0.3, 0.4) is 0 Å². The van der Waals surface area contributed by atoms with Crippen molar-refractivity contribution in [2.24, 2.45) is 11.7 Å². The number of likely N-dealkylation sites (tertiary alicyclic amines) is 1. The van der Waals surface area contributed by atoms with Gasteiger partial charge in [-0.3, -0.25) is 14.2 Å². The second-order valence-electron chi connectivity index (χ2n) is 9.47. The van der Waals surface area contributed by atoms with Crippen LogP contribution in [0.15, 0.2) is 30.3 Å². The third kappa shape index (κ3) is 5.23. The Labute approximate surface area is 218 Å². The number of fused-ring (bicyclic) bond motifs is 1. The van der Waals surface area contributed by atoms with Crippen molar-refractivity contribution in [3.63, 3.8) is 0 Å². The molecule has 11 nitrogen and oxygen atoms in total. The van der Waals surface area contributed by atoms with Gasteiger partial charge in [-0.1, -0.05) is 12.1 Å². The summed E-state index contributed by atoms with van der Waals surface area (Å²) in [5.41, 5.74) is 6.32. The van der Waals surface area contributed by atoms with E-state index < -0.39 is 18.3 Å². The van der Waals surface area contributed by atoms with E-state index in [2.05, 4.69) is 20.3 Å². The molecular weight excluding hydrogens is 498 g/mol. The summed E-state index contributed by atoms with van der Waals surface area (Å²) in [4.78, 5) is 41.6. The average Bonchev–Trinajstić information content (AvgIpc) is 3.33. The summed E-state index contributed by atoms with van der Waals surface area (Å²) >= 11 is 0. The van der Waals surface area contributed by atoms with E-state index in [0.717, 1.165) is 0 Å². The normalized spacial score (nSPS) is 17.7. The molecule has 0 radical (unpaired) electrons. The molecule has 0 spiro atoms. The molecule has 2 aromatic heterocycles. The lowest BCUT2D eigenvalue weighted by atomic mass is 9.96. The van der Waals surface area contributed by atoms with Crippen molar-refractivity contribution < 1.29 is 23.1 Å². The molecule has 3 N–H and O–H groups in total. The zero-order valence-corrected chi connectivity index (χ0v) is 21.0. The summed E-state index contributed by atoms with van der Waals surface area (Å²) in [5.74, 6) is -0.293. The van der Waals surface area contributed by atoms with Crippen LogP contribution >= 0.6 is 0 Å². The number of morpholine rings is 1. The summed E-state index contributed by atoms with van der Waals surface area (Å²) in [5, 5.41) is 3.07. The minimum absolute atomic E-state index is 0.134. The van der Waals surface area contributed by atoms with E-state index in [1.54, 1.807) is 42.2 Å². The Morgan fingerprint density at radius 1 is 1.05 bits per heavy atom. The fourth-order valence-corrected chi connectivity index (χ4v) is 4.90. The number of nitrogens with one attached hydrogen (secondary N) is 1. The van der Waals surface area contributed by atoms with Gasteiger partial charge in [0, 0.05) is 38.2 Å². The molecule has 202 valence electrons. The SMILES string of the molecule is C[C@H](Nc1nc(N2CCOCC2)cc(-n2c(C(F)F)nc3ccccc32)n1)C(=O)N1CCC(C(N)=O)CC1. The number of alkyl halides is 2. The van der Waals surface area contributed by atoms with E-state index in [1.165, 1.54) is 4.57 Å². The molecule has 0 bridgehead atoms. The Bertz CT molecular complexity index is 1320. The molecule has 5 rings (SSSR count). The highest BCUT2D eigenvalue weighted by molar-refractivity contribution is 5.84. The van der Waals surface area contributed by atoms with Gasteiger partial charge in [-0.15, -0.1) is 0 Å². The number of nitrogens with zero attached hydrogens (tertiary/aromatic N) is 6. The summed E-state index contributed by atoms with van der Waals surface area (Å²) in [6.07, 6.45) is -1.79. The first-order valence-corrected chi connectivity index (χ1v) is 12.6. The summed E-state index contributed by atoms with van der Waals surface area (Å²) in [6, 6.07) is 7.82. The van der Waals surface area contributed by atoms with Gasteiger partial charge < -0.3 is 25.6 Å². The van der Waals surface area contributed by atoms with Crippen LogP contribution in [-0.4, -0.2) is 81.7 Å². The minimum atomic E-state index is -2.83. The van der Waals surface area contributed by atoms with Gasteiger partial charge in [-0.05, 0) is 31.9 Å². The molecular formula is C25H30F2N8O3. The van der Waals surface area contributed by atoms with Crippen molar-refractivity contribution in [3.8, 4) is 5.82 Å². The third-order valence-corrected chi connectivity index (χ3v) is 6.97. The molecule has 2 fully saturated rings. The van der Waals surface area contributed by atoms with Crippen molar-refractivity contribution in [1.29, 1.82) is 0 Å². The van der Waals surface area contributed by atoms with E-state index in [9.17, 15) is 18.4 Å². The number of imidazole rings is 1. The number of benzene rings is 1. The molecule has 0 saturated carbocycles. The number of nitrogens with two attached hydrogens (primary N) is 1. The minimum Gasteiger partial charge on any atom is -0.378 e. The lowest BCUT2D eigenvalue weighted by molar-refractivity contribution is -0.135. The fraction of sp³-hybridized carbons (Fsp3) is 0.480. The number of primary amides is 1. The Balaban J connectivity index is 1.47. The van der Waals surface area contributed by atoms with Crippen molar-refractivity contribution in [3.05, 3.63) is 36.2 Å². The van der Waals surface area contributed by atoms with Crippen LogP contribution in [0.25, 0.3) is 16.9 Å². The van der Waals surface area contributed by atoms with Gasteiger partial charge in [-0.25, -0.2) is 13.8 Å². The molecule has 1 atom stereocenters. The predicted molar refractivity (Wildman–Crippen MR) is 136 cm³/mol. The van der Waals surface area contributed by atoms with Crippen molar-refractivity contribution in [2.75, 3.05) is 49.6 Å². The maximum atomic E-state index is 14.1. The van der Waals surface area contributed by atoms with Crippen molar-refractivity contribution in [1.82, 2.24) is 24.4 Å². The van der Waals surface area contributed by atoms with Crippen molar-refractivity contribution >= 4 is 34.6 Å². The molecule has 0 unspecified atom stereocenters. The van der Waals surface area contributed by atoms with E-state index in [1.807, 2.05) is 4.90 Å². The highest BCUT2D eigenvalue weighted by Gasteiger charge is 2.29.